The molecule has 1 saturated heterocycles. The minimum absolute atomic E-state index is 0.0412. The van der Waals surface area contributed by atoms with Crippen molar-refractivity contribution in [3.05, 3.63) is 60.7 Å². The molecule has 3 amide bonds. The molecule has 0 radical (unpaired) electrons. The number of aliphatic carboxylic acids is 1. The third-order valence-corrected chi connectivity index (χ3v) is 5.37. The molecule has 9 heteroatoms. The first-order valence-corrected chi connectivity index (χ1v) is 9.75. The summed E-state index contributed by atoms with van der Waals surface area (Å²) in [6, 6.07) is 13.6. The van der Waals surface area contributed by atoms with E-state index in [9.17, 15) is 19.2 Å². The minimum Gasteiger partial charge on any atom is -0.495 e. The lowest BCUT2D eigenvalue weighted by Gasteiger charge is -2.17. The van der Waals surface area contributed by atoms with E-state index >= 15 is 0 Å². The lowest BCUT2D eigenvalue weighted by molar-refractivity contribution is -0.131. The van der Waals surface area contributed by atoms with Gasteiger partial charge in [-0.15, -0.1) is 11.8 Å². The average molecular weight is 426 g/mol. The predicted octanol–water partition coefficient (Wildman–Crippen LogP) is 2.70. The molecule has 0 unspecified atom stereocenters. The number of carbonyl (C=O) groups is 4. The van der Waals surface area contributed by atoms with Crippen molar-refractivity contribution in [1.29, 1.82) is 0 Å². The molecular weight excluding hydrogens is 408 g/mol. The van der Waals surface area contributed by atoms with Gasteiger partial charge >= 0.3 is 5.97 Å². The van der Waals surface area contributed by atoms with Crippen LogP contribution in [-0.2, 0) is 19.2 Å². The van der Waals surface area contributed by atoms with E-state index in [-0.39, 0.29) is 18.2 Å². The number of nitrogens with one attached hydrogen (secondary N) is 1. The van der Waals surface area contributed by atoms with E-state index in [4.69, 9.17) is 9.84 Å². The Balaban J connectivity index is 1.73. The summed E-state index contributed by atoms with van der Waals surface area (Å²) in [5.41, 5.74) is 0.850. The Morgan fingerprint density at radius 1 is 1.17 bits per heavy atom. The van der Waals surface area contributed by atoms with Gasteiger partial charge in [0, 0.05) is 29.2 Å². The standard InChI is InChI=1S/C21H18N2O6S/c1-29-16-8-3-2-7-15(16)23-19(25)12-17(21(23)28)30-14-6-4-5-13(11-14)22-18(24)9-10-20(26)27/h2-11,17H,12H2,1H3,(H,22,24)(H,26,27)/b10-9+/t17-/m0/s1. The van der Waals surface area contributed by atoms with E-state index < -0.39 is 17.1 Å². The largest absolute Gasteiger partial charge is 0.495 e. The number of thioether (sulfide) groups is 1. The van der Waals surface area contributed by atoms with Crippen LogP contribution < -0.4 is 15.0 Å². The van der Waals surface area contributed by atoms with Crippen molar-refractivity contribution in [2.75, 3.05) is 17.3 Å². The quantitative estimate of drug-likeness (QED) is 0.517. The summed E-state index contributed by atoms with van der Waals surface area (Å²) in [5, 5.41) is 10.5. The number of para-hydroxylation sites is 2. The molecule has 2 aromatic carbocycles. The molecule has 1 atom stereocenters. The Labute approximate surface area is 176 Å². The number of ether oxygens (including phenoxy) is 1. The number of benzene rings is 2. The van der Waals surface area contributed by atoms with Crippen LogP contribution in [0.2, 0.25) is 0 Å². The second-order valence-electron chi connectivity index (χ2n) is 6.24. The molecule has 0 spiro atoms. The first-order valence-electron chi connectivity index (χ1n) is 8.87. The van der Waals surface area contributed by atoms with E-state index in [2.05, 4.69) is 5.32 Å². The average Bonchev–Trinajstić information content (AvgIpc) is 2.99. The molecule has 154 valence electrons. The highest BCUT2D eigenvalue weighted by atomic mass is 32.2. The van der Waals surface area contributed by atoms with Gasteiger partial charge in [-0.25, -0.2) is 9.69 Å². The van der Waals surface area contributed by atoms with Crippen LogP contribution in [0.1, 0.15) is 6.42 Å². The Morgan fingerprint density at radius 3 is 2.67 bits per heavy atom. The molecule has 1 heterocycles. The zero-order valence-corrected chi connectivity index (χ0v) is 16.7. The Hall–Kier alpha value is -3.59. The maximum absolute atomic E-state index is 12.9. The van der Waals surface area contributed by atoms with Crippen molar-refractivity contribution < 1.29 is 29.0 Å². The second kappa shape index (κ2) is 9.27. The second-order valence-corrected chi connectivity index (χ2v) is 7.51. The number of carbonyl (C=O) groups excluding carboxylic acids is 3. The van der Waals surface area contributed by atoms with Crippen LogP contribution >= 0.6 is 11.8 Å². The zero-order valence-electron chi connectivity index (χ0n) is 15.9. The summed E-state index contributed by atoms with van der Waals surface area (Å²) in [7, 11) is 1.47. The van der Waals surface area contributed by atoms with Crippen molar-refractivity contribution in [1.82, 2.24) is 0 Å². The van der Waals surface area contributed by atoms with Crippen LogP contribution in [0.4, 0.5) is 11.4 Å². The summed E-state index contributed by atoms with van der Waals surface area (Å²) in [5.74, 6) is -2.03. The monoisotopic (exact) mass is 426 g/mol. The van der Waals surface area contributed by atoms with Gasteiger partial charge in [-0.3, -0.25) is 14.4 Å². The fraction of sp³-hybridized carbons (Fsp3) is 0.143. The van der Waals surface area contributed by atoms with Crippen LogP contribution in [0, 0.1) is 0 Å². The number of nitrogens with zero attached hydrogens (tertiary/aromatic N) is 1. The van der Waals surface area contributed by atoms with Crippen LogP contribution in [0.5, 0.6) is 5.75 Å². The molecule has 1 aliphatic heterocycles. The van der Waals surface area contributed by atoms with Gasteiger partial charge in [0.25, 0.3) is 0 Å². The fourth-order valence-corrected chi connectivity index (χ4v) is 4.02. The van der Waals surface area contributed by atoms with Gasteiger partial charge in [-0.2, -0.15) is 0 Å². The predicted molar refractivity (Wildman–Crippen MR) is 112 cm³/mol. The van der Waals surface area contributed by atoms with E-state index in [1.54, 1.807) is 48.5 Å². The highest BCUT2D eigenvalue weighted by Gasteiger charge is 2.41. The highest BCUT2D eigenvalue weighted by Crippen LogP contribution is 2.37. The van der Waals surface area contributed by atoms with Crippen molar-refractivity contribution >= 4 is 46.8 Å². The number of methoxy groups -OCH3 is 1. The minimum atomic E-state index is -1.22. The van der Waals surface area contributed by atoms with Crippen LogP contribution in [0.3, 0.4) is 0 Å². The summed E-state index contributed by atoms with van der Waals surface area (Å²) >= 11 is 1.22. The van der Waals surface area contributed by atoms with Crippen LogP contribution in [-0.4, -0.2) is 41.2 Å². The molecular formula is C21H18N2O6S. The first kappa shape index (κ1) is 21.1. The van der Waals surface area contributed by atoms with Crippen molar-refractivity contribution in [3.63, 3.8) is 0 Å². The molecule has 3 rings (SSSR count). The molecule has 1 aliphatic rings. The molecule has 8 nitrogen and oxygen atoms in total. The summed E-state index contributed by atoms with van der Waals surface area (Å²) in [6.45, 7) is 0. The number of carboxylic acid groups (broad SMARTS) is 1. The van der Waals surface area contributed by atoms with E-state index in [0.29, 0.717) is 22.0 Å². The molecule has 2 N–H and O–H groups in total. The fourth-order valence-electron chi connectivity index (χ4n) is 2.91. The van der Waals surface area contributed by atoms with Gasteiger partial charge in [0.05, 0.1) is 18.0 Å². The molecule has 30 heavy (non-hydrogen) atoms. The van der Waals surface area contributed by atoms with Gasteiger partial charge < -0.3 is 15.2 Å². The summed E-state index contributed by atoms with van der Waals surface area (Å²) < 4.78 is 5.26. The van der Waals surface area contributed by atoms with Gasteiger partial charge in [0.2, 0.25) is 17.7 Å². The normalized spacial score (nSPS) is 16.2. The van der Waals surface area contributed by atoms with Gasteiger partial charge in [-0.1, -0.05) is 18.2 Å². The number of imide groups is 1. The topological polar surface area (TPSA) is 113 Å². The van der Waals surface area contributed by atoms with Crippen molar-refractivity contribution in [3.8, 4) is 5.75 Å². The van der Waals surface area contributed by atoms with Gasteiger partial charge in [-0.05, 0) is 30.3 Å². The van der Waals surface area contributed by atoms with Crippen LogP contribution in [0.15, 0.2) is 65.6 Å². The number of amides is 3. The lowest BCUT2D eigenvalue weighted by Crippen LogP contribution is -2.31. The smallest absolute Gasteiger partial charge is 0.328 e. The number of hydrogen-bond donors (Lipinski definition) is 2. The molecule has 2 aromatic rings. The molecule has 1 fully saturated rings. The molecule has 0 saturated carbocycles. The highest BCUT2D eigenvalue weighted by molar-refractivity contribution is 8.00. The number of hydrogen-bond acceptors (Lipinski definition) is 6. The number of carboxylic acids is 1. The van der Waals surface area contributed by atoms with E-state index in [0.717, 1.165) is 17.1 Å². The van der Waals surface area contributed by atoms with Crippen LogP contribution in [0.25, 0.3) is 0 Å². The third kappa shape index (κ3) is 4.87. The maximum atomic E-state index is 12.9. The van der Waals surface area contributed by atoms with E-state index in [1.807, 2.05) is 0 Å². The summed E-state index contributed by atoms with van der Waals surface area (Å²) in [4.78, 5) is 49.5. The Morgan fingerprint density at radius 2 is 1.93 bits per heavy atom. The van der Waals surface area contributed by atoms with Crippen molar-refractivity contribution in [2.45, 2.75) is 16.6 Å². The first-order chi connectivity index (χ1) is 14.4. The van der Waals surface area contributed by atoms with Gasteiger partial charge in [0.1, 0.15) is 5.75 Å². The SMILES string of the molecule is COc1ccccc1N1C(=O)C[C@H](Sc2cccc(NC(=O)/C=C/C(=O)O)c2)C1=O. The maximum Gasteiger partial charge on any atom is 0.328 e. The van der Waals surface area contributed by atoms with Crippen molar-refractivity contribution in [2.24, 2.45) is 0 Å². The number of anilines is 2. The van der Waals surface area contributed by atoms with Gasteiger partial charge in [0.15, 0.2) is 0 Å². The Kier molecular flexibility index (Phi) is 6.53. The molecule has 0 aliphatic carbocycles. The molecule has 0 bridgehead atoms. The Bertz CT molecular complexity index is 1040. The van der Waals surface area contributed by atoms with E-state index in [1.165, 1.54) is 18.9 Å². The zero-order chi connectivity index (χ0) is 21.7. The molecule has 0 aromatic heterocycles. The number of rotatable bonds is 7. The lowest BCUT2D eigenvalue weighted by atomic mass is 10.2. The summed E-state index contributed by atoms with van der Waals surface area (Å²) in [6.07, 6.45) is 1.69. The third-order valence-electron chi connectivity index (χ3n) is 4.19.